The number of primary sulfonamides is 1. The standard InChI is InChI=1S/C13H15BrN2O2S2/c1-2-11(13-4-3-7-19-13)16-12-6-5-9(8-10(12)14)20(15,17)18/h3-8,11,16H,2H2,1H3,(H2,15,17,18). The van der Waals surface area contributed by atoms with E-state index in [0.29, 0.717) is 4.47 Å². The highest BCUT2D eigenvalue weighted by molar-refractivity contribution is 9.10. The van der Waals surface area contributed by atoms with Crippen LogP contribution in [-0.4, -0.2) is 8.42 Å². The second-order valence-corrected chi connectivity index (χ2v) is 7.70. The molecule has 0 aliphatic rings. The minimum atomic E-state index is -3.68. The van der Waals surface area contributed by atoms with Crippen LogP contribution in [0.4, 0.5) is 5.69 Å². The summed E-state index contributed by atoms with van der Waals surface area (Å²) >= 11 is 5.08. The third kappa shape index (κ3) is 3.60. The average molecular weight is 375 g/mol. The van der Waals surface area contributed by atoms with Crippen LogP contribution in [0.3, 0.4) is 0 Å². The molecule has 2 rings (SSSR count). The normalized spacial score (nSPS) is 13.2. The van der Waals surface area contributed by atoms with Crippen LogP contribution in [-0.2, 0) is 10.0 Å². The Kier molecular flexibility index (Phi) is 4.85. The molecule has 1 aromatic heterocycles. The third-order valence-electron chi connectivity index (χ3n) is 2.89. The van der Waals surface area contributed by atoms with Crippen molar-refractivity contribution in [3.05, 3.63) is 45.1 Å². The predicted molar refractivity (Wildman–Crippen MR) is 86.5 cm³/mol. The summed E-state index contributed by atoms with van der Waals surface area (Å²) in [5.74, 6) is 0. The van der Waals surface area contributed by atoms with Crippen molar-refractivity contribution in [3.8, 4) is 0 Å². The molecule has 0 aliphatic carbocycles. The van der Waals surface area contributed by atoms with Crippen molar-refractivity contribution in [2.75, 3.05) is 5.32 Å². The van der Waals surface area contributed by atoms with Crippen molar-refractivity contribution in [1.29, 1.82) is 0 Å². The molecule has 4 nitrogen and oxygen atoms in total. The molecule has 1 atom stereocenters. The van der Waals surface area contributed by atoms with Crippen LogP contribution in [0, 0.1) is 0 Å². The van der Waals surface area contributed by atoms with Crippen molar-refractivity contribution >= 4 is 43.0 Å². The number of rotatable bonds is 5. The second kappa shape index (κ2) is 6.26. The van der Waals surface area contributed by atoms with Crippen LogP contribution < -0.4 is 10.5 Å². The zero-order valence-corrected chi connectivity index (χ0v) is 14.1. The molecule has 3 N–H and O–H groups in total. The molecule has 0 fully saturated rings. The second-order valence-electron chi connectivity index (χ2n) is 4.31. The number of sulfonamides is 1. The molecule has 0 bridgehead atoms. The highest BCUT2D eigenvalue weighted by atomic mass is 79.9. The Balaban J connectivity index is 2.26. The van der Waals surface area contributed by atoms with Gasteiger partial charge in [-0.15, -0.1) is 11.3 Å². The minimum absolute atomic E-state index is 0.0964. The van der Waals surface area contributed by atoms with Gasteiger partial charge in [-0.1, -0.05) is 13.0 Å². The zero-order valence-electron chi connectivity index (χ0n) is 10.8. The lowest BCUT2D eigenvalue weighted by Crippen LogP contribution is -2.13. The SMILES string of the molecule is CCC(Nc1ccc(S(N)(=O)=O)cc1Br)c1cccs1. The summed E-state index contributed by atoms with van der Waals surface area (Å²) in [5, 5.41) is 10.6. The number of anilines is 1. The lowest BCUT2D eigenvalue weighted by molar-refractivity contribution is 0.598. The molecule has 7 heteroatoms. The highest BCUT2D eigenvalue weighted by Crippen LogP contribution is 2.31. The van der Waals surface area contributed by atoms with Crippen molar-refractivity contribution in [3.63, 3.8) is 0 Å². The third-order valence-corrected chi connectivity index (χ3v) is 5.45. The van der Waals surface area contributed by atoms with Gasteiger partial charge in [-0.05, 0) is 52.0 Å². The maximum atomic E-state index is 11.3. The zero-order chi connectivity index (χ0) is 14.8. The summed E-state index contributed by atoms with van der Waals surface area (Å²) in [4.78, 5) is 1.34. The van der Waals surface area contributed by atoms with Crippen LogP contribution >= 0.6 is 27.3 Å². The topological polar surface area (TPSA) is 72.2 Å². The maximum absolute atomic E-state index is 11.3. The fraction of sp³-hybridized carbons (Fsp3) is 0.231. The summed E-state index contributed by atoms with van der Waals surface area (Å²) in [6.07, 6.45) is 0.934. The number of benzene rings is 1. The van der Waals surface area contributed by atoms with E-state index in [-0.39, 0.29) is 10.9 Å². The summed E-state index contributed by atoms with van der Waals surface area (Å²) in [6, 6.07) is 9.04. The van der Waals surface area contributed by atoms with Crippen LogP contribution in [0.15, 0.2) is 45.1 Å². The summed E-state index contributed by atoms with van der Waals surface area (Å²) in [5.41, 5.74) is 0.845. The summed E-state index contributed by atoms with van der Waals surface area (Å²) in [7, 11) is -3.68. The van der Waals surface area contributed by atoms with Gasteiger partial charge in [0.25, 0.3) is 0 Å². The fourth-order valence-corrected chi connectivity index (χ4v) is 3.89. The lowest BCUT2D eigenvalue weighted by atomic mass is 10.1. The van der Waals surface area contributed by atoms with E-state index >= 15 is 0 Å². The van der Waals surface area contributed by atoms with Crippen LogP contribution in [0.5, 0.6) is 0 Å². The van der Waals surface area contributed by atoms with Gasteiger partial charge >= 0.3 is 0 Å². The van der Waals surface area contributed by atoms with Gasteiger partial charge in [-0.2, -0.15) is 0 Å². The number of hydrogen-bond donors (Lipinski definition) is 2. The molecule has 0 radical (unpaired) electrons. The van der Waals surface area contributed by atoms with E-state index in [0.717, 1.165) is 12.1 Å². The van der Waals surface area contributed by atoms with Gasteiger partial charge in [-0.3, -0.25) is 0 Å². The van der Waals surface area contributed by atoms with E-state index in [1.54, 1.807) is 17.4 Å². The molecule has 0 aliphatic heterocycles. The molecule has 0 spiro atoms. The number of nitrogens with one attached hydrogen (secondary N) is 1. The number of hydrogen-bond acceptors (Lipinski definition) is 4. The van der Waals surface area contributed by atoms with Crippen LogP contribution in [0.2, 0.25) is 0 Å². The number of halogens is 1. The van der Waals surface area contributed by atoms with Crippen molar-refractivity contribution in [1.82, 2.24) is 0 Å². The Labute approximate surface area is 131 Å². The summed E-state index contributed by atoms with van der Waals surface area (Å²) in [6.45, 7) is 2.10. The van der Waals surface area contributed by atoms with Crippen molar-refractivity contribution in [2.45, 2.75) is 24.3 Å². The first-order valence-electron chi connectivity index (χ1n) is 6.04. The molecule has 20 heavy (non-hydrogen) atoms. The van der Waals surface area contributed by atoms with Gasteiger partial charge in [0.1, 0.15) is 0 Å². The largest absolute Gasteiger partial charge is 0.377 e. The maximum Gasteiger partial charge on any atom is 0.238 e. The Morgan fingerprint density at radius 3 is 2.65 bits per heavy atom. The highest BCUT2D eigenvalue weighted by Gasteiger charge is 2.14. The monoisotopic (exact) mass is 374 g/mol. The minimum Gasteiger partial charge on any atom is -0.377 e. The first kappa shape index (κ1) is 15.5. The fourth-order valence-electron chi connectivity index (χ4n) is 1.84. The molecular weight excluding hydrogens is 360 g/mol. The summed E-state index contributed by atoms with van der Waals surface area (Å²) < 4.78 is 23.3. The Morgan fingerprint density at radius 1 is 1.40 bits per heavy atom. The molecular formula is C13H15BrN2O2S2. The first-order valence-corrected chi connectivity index (χ1v) is 9.26. The number of nitrogens with two attached hydrogens (primary N) is 1. The molecule has 108 valence electrons. The van der Waals surface area contributed by atoms with Gasteiger partial charge < -0.3 is 5.32 Å². The van der Waals surface area contributed by atoms with Crippen LogP contribution in [0.1, 0.15) is 24.3 Å². The van der Waals surface area contributed by atoms with Gasteiger partial charge in [0.15, 0.2) is 0 Å². The van der Waals surface area contributed by atoms with Crippen molar-refractivity contribution < 1.29 is 8.42 Å². The van der Waals surface area contributed by atoms with Crippen LogP contribution in [0.25, 0.3) is 0 Å². The number of thiophene rings is 1. The first-order chi connectivity index (χ1) is 9.41. The van der Waals surface area contributed by atoms with Gasteiger partial charge in [-0.25, -0.2) is 13.6 Å². The molecule has 2 aromatic rings. The Morgan fingerprint density at radius 2 is 2.15 bits per heavy atom. The van der Waals surface area contributed by atoms with E-state index in [2.05, 4.69) is 34.2 Å². The van der Waals surface area contributed by atoms with Crippen molar-refractivity contribution in [2.24, 2.45) is 5.14 Å². The molecule has 1 heterocycles. The molecule has 1 unspecified atom stereocenters. The Bertz CT molecular complexity index is 684. The molecule has 0 saturated carbocycles. The quantitative estimate of drug-likeness (QED) is 0.837. The molecule has 0 saturated heterocycles. The predicted octanol–water partition coefficient (Wildman–Crippen LogP) is 3.72. The Hall–Kier alpha value is -0.890. The van der Waals surface area contributed by atoms with Gasteiger partial charge in [0, 0.05) is 15.0 Å². The van der Waals surface area contributed by atoms with E-state index in [4.69, 9.17) is 5.14 Å². The van der Waals surface area contributed by atoms with Gasteiger partial charge in [0.2, 0.25) is 10.0 Å². The van der Waals surface area contributed by atoms with E-state index in [9.17, 15) is 8.42 Å². The van der Waals surface area contributed by atoms with E-state index < -0.39 is 10.0 Å². The molecule has 0 amide bonds. The van der Waals surface area contributed by atoms with E-state index in [1.807, 2.05) is 11.4 Å². The lowest BCUT2D eigenvalue weighted by Gasteiger charge is -2.18. The smallest absolute Gasteiger partial charge is 0.238 e. The molecule has 1 aromatic carbocycles. The van der Waals surface area contributed by atoms with Gasteiger partial charge in [0.05, 0.1) is 10.9 Å². The average Bonchev–Trinajstić information content (AvgIpc) is 2.90. The van der Waals surface area contributed by atoms with E-state index in [1.165, 1.54) is 17.0 Å².